The van der Waals surface area contributed by atoms with Crippen LogP contribution in [0.4, 0.5) is 0 Å². The van der Waals surface area contributed by atoms with Gasteiger partial charge in [0.05, 0.1) is 0 Å². The van der Waals surface area contributed by atoms with Gasteiger partial charge in [0.2, 0.25) is 0 Å². The van der Waals surface area contributed by atoms with E-state index in [-0.39, 0.29) is 0 Å². The van der Waals surface area contributed by atoms with Crippen LogP contribution in [0.1, 0.15) is 6.42 Å². The third kappa shape index (κ3) is 0.956. The van der Waals surface area contributed by atoms with Gasteiger partial charge in [-0.1, -0.05) is 0 Å². The van der Waals surface area contributed by atoms with Crippen molar-refractivity contribution in [2.75, 3.05) is 19.6 Å². The van der Waals surface area contributed by atoms with Crippen molar-refractivity contribution in [1.82, 2.24) is 16.0 Å². The number of fused-ring (bicyclic) bond motifs is 1. The Hall–Kier alpha value is -0.120. The van der Waals surface area contributed by atoms with Crippen molar-refractivity contribution in [2.24, 2.45) is 0 Å². The first kappa shape index (κ1) is 5.65. The lowest BCUT2D eigenvalue weighted by atomic mass is 10.2. The molecule has 2 aliphatic rings. The summed E-state index contributed by atoms with van der Waals surface area (Å²) in [5.41, 5.74) is 0. The molecule has 2 aliphatic heterocycles. The van der Waals surface area contributed by atoms with Gasteiger partial charge in [-0.25, -0.2) is 0 Å². The molecule has 2 saturated heterocycles. The van der Waals surface area contributed by atoms with Gasteiger partial charge in [0.25, 0.3) is 0 Å². The Morgan fingerprint density at radius 2 is 2.00 bits per heavy atom. The van der Waals surface area contributed by atoms with Crippen molar-refractivity contribution in [3.63, 3.8) is 0 Å². The molecule has 0 saturated carbocycles. The maximum atomic E-state index is 3.42. The van der Waals surface area contributed by atoms with Gasteiger partial charge in [0.1, 0.15) is 6.17 Å². The molecule has 9 heavy (non-hydrogen) atoms. The monoisotopic (exact) mass is 126 g/mol. The Morgan fingerprint density at radius 3 is 2.89 bits per heavy atom. The molecule has 2 rings (SSSR count). The van der Waals surface area contributed by atoms with E-state index in [1.165, 1.54) is 12.6 Å². The van der Waals surface area contributed by atoms with E-state index in [1.807, 2.05) is 0 Å². The van der Waals surface area contributed by atoms with Crippen molar-refractivity contribution in [1.29, 1.82) is 0 Å². The minimum atomic E-state index is 0.610. The summed E-state index contributed by atoms with van der Waals surface area (Å²) in [5.74, 6) is 0. The Bertz CT molecular complexity index is 92.5. The maximum absolute atomic E-state index is 3.42. The lowest BCUT2D eigenvalue weighted by molar-refractivity contribution is 0.430. The SMILES string of the molecule is C1CNC2CCN[C]2N1. The number of nitrogens with one attached hydrogen (secondary N) is 3. The largest absolute Gasteiger partial charge is 0.310 e. The second-order valence-electron chi connectivity index (χ2n) is 2.56. The van der Waals surface area contributed by atoms with Crippen LogP contribution < -0.4 is 16.0 Å². The molecule has 0 spiro atoms. The molecule has 0 aromatic heterocycles. The van der Waals surface area contributed by atoms with Gasteiger partial charge in [-0.05, 0) is 13.0 Å². The van der Waals surface area contributed by atoms with Crippen LogP contribution in [0.2, 0.25) is 0 Å². The van der Waals surface area contributed by atoms with Crippen LogP contribution in [0.5, 0.6) is 0 Å². The fraction of sp³-hybridized carbons (Fsp3) is 0.833. The van der Waals surface area contributed by atoms with Gasteiger partial charge in [0, 0.05) is 19.1 Å². The molecule has 0 aromatic carbocycles. The summed E-state index contributed by atoms with van der Waals surface area (Å²) < 4.78 is 0. The predicted molar refractivity (Wildman–Crippen MR) is 35.7 cm³/mol. The summed E-state index contributed by atoms with van der Waals surface area (Å²) in [6.07, 6.45) is 2.55. The standard InChI is InChI=1S/C6H12N3/c1-2-8-6-5(1)7-3-4-9-6/h5,7-9H,1-4H2. The molecule has 1 radical (unpaired) electrons. The zero-order valence-electron chi connectivity index (χ0n) is 5.41. The average molecular weight is 126 g/mol. The maximum Gasteiger partial charge on any atom is 0.118 e. The Kier molecular flexibility index (Phi) is 1.41. The minimum absolute atomic E-state index is 0.610. The second-order valence-corrected chi connectivity index (χ2v) is 2.56. The van der Waals surface area contributed by atoms with Gasteiger partial charge < -0.3 is 5.32 Å². The van der Waals surface area contributed by atoms with Crippen LogP contribution in [-0.4, -0.2) is 25.7 Å². The normalized spacial score (nSPS) is 36.7. The summed E-state index contributed by atoms with van der Waals surface area (Å²) in [4.78, 5) is 0. The van der Waals surface area contributed by atoms with Gasteiger partial charge in [-0.2, -0.15) is 0 Å². The molecule has 3 N–H and O–H groups in total. The minimum Gasteiger partial charge on any atom is -0.310 e. The summed E-state index contributed by atoms with van der Waals surface area (Å²) in [7, 11) is 0. The van der Waals surface area contributed by atoms with Crippen molar-refractivity contribution in [2.45, 2.75) is 12.5 Å². The summed E-state index contributed by atoms with van der Waals surface area (Å²) in [6.45, 7) is 3.30. The molecule has 0 amide bonds. The Labute approximate surface area is 55.2 Å². The highest BCUT2D eigenvalue weighted by Gasteiger charge is 2.29. The molecule has 2 heterocycles. The third-order valence-corrected chi connectivity index (χ3v) is 1.93. The molecular formula is C6H12N3. The smallest absolute Gasteiger partial charge is 0.118 e. The fourth-order valence-corrected chi connectivity index (χ4v) is 1.45. The summed E-state index contributed by atoms with van der Waals surface area (Å²) in [6, 6.07) is 0.610. The lowest BCUT2D eigenvalue weighted by Gasteiger charge is -2.26. The predicted octanol–water partition coefficient (Wildman–Crippen LogP) is -0.969. The molecule has 3 heteroatoms. The number of rotatable bonds is 0. The summed E-state index contributed by atoms with van der Waals surface area (Å²) in [5, 5.41) is 10.0. The first-order chi connectivity index (χ1) is 4.47. The molecule has 1 atom stereocenters. The molecule has 51 valence electrons. The van der Waals surface area contributed by atoms with Crippen LogP contribution in [0.25, 0.3) is 0 Å². The molecule has 2 fully saturated rings. The summed E-state index contributed by atoms with van der Waals surface area (Å²) >= 11 is 0. The Balaban J connectivity index is 1.97. The van der Waals surface area contributed by atoms with Crippen LogP contribution >= 0.6 is 0 Å². The van der Waals surface area contributed by atoms with E-state index < -0.39 is 0 Å². The second kappa shape index (κ2) is 2.25. The highest BCUT2D eigenvalue weighted by Crippen LogP contribution is 2.12. The van der Waals surface area contributed by atoms with Gasteiger partial charge in [-0.3, -0.25) is 10.6 Å². The van der Waals surface area contributed by atoms with Crippen molar-refractivity contribution < 1.29 is 0 Å². The average Bonchev–Trinajstić information content (AvgIpc) is 2.33. The van der Waals surface area contributed by atoms with E-state index in [1.54, 1.807) is 0 Å². The first-order valence-corrected chi connectivity index (χ1v) is 3.55. The molecule has 3 nitrogen and oxygen atoms in total. The van der Waals surface area contributed by atoms with Crippen LogP contribution in [0, 0.1) is 6.17 Å². The molecule has 0 aromatic rings. The molecule has 1 unspecified atom stereocenters. The van der Waals surface area contributed by atoms with Gasteiger partial charge >= 0.3 is 0 Å². The molecule has 0 bridgehead atoms. The van der Waals surface area contributed by atoms with E-state index in [4.69, 9.17) is 0 Å². The molecule has 0 aliphatic carbocycles. The fourth-order valence-electron chi connectivity index (χ4n) is 1.45. The third-order valence-electron chi connectivity index (χ3n) is 1.93. The Morgan fingerprint density at radius 1 is 1.11 bits per heavy atom. The number of piperazine rings is 1. The quantitative estimate of drug-likeness (QED) is 0.391. The number of hydrogen-bond donors (Lipinski definition) is 3. The van der Waals surface area contributed by atoms with E-state index in [9.17, 15) is 0 Å². The van der Waals surface area contributed by atoms with E-state index in [0.717, 1.165) is 19.6 Å². The van der Waals surface area contributed by atoms with Crippen LogP contribution in [0.15, 0.2) is 0 Å². The zero-order chi connectivity index (χ0) is 6.10. The van der Waals surface area contributed by atoms with Gasteiger partial charge in [0.15, 0.2) is 0 Å². The van der Waals surface area contributed by atoms with E-state index in [0.29, 0.717) is 6.04 Å². The van der Waals surface area contributed by atoms with Crippen LogP contribution in [-0.2, 0) is 0 Å². The van der Waals surface area contributed by atoms with Crippen molar-refractivity contribution in [3.05, 3.63) is 6.17 Å². The number of hydrogen-bond acceptors (Lipinski definition) is 3. The van der Waals surface area contributed by atoms with Gasteiger partial charge in [-0.15, -0.1) is 0 Å². The highest BCUT2D eigenvalue weighted by atomic mass is 15.2. The van der Waals surface area contributed by atoms with E-state index in [2.05, 4.69) is 16.0 Å². The van der Waals surface area contributed by atoms with Crippen molar-refractivity contribution in [3.8, 4) is 0 Å². The van der Waals surface area contributed by atoms with E-state index >= 15 is 0 Å². The zero-order valence-corrected chi connectivity index (χ0v) is 5.41. The first-order valence-electron chi connectivity index (χ1n) is 3.55. The molecular weight excluding hydrogens is 114 g/mol. The topological polar surface area (TPSA) is 36.1 Å². The lowest BCUT2D eigenvalue weighted by Crippen LogP contribution is -2.51. The highest BCUT2D eigenvalue weighted by molar-refractivity contribution is 5.04. The van der Waals surface area contributed by atoms with Crippen molar-refractivity contribution >= 4 is 0 Å². The van der Waals surface area contributed by atoms with Crippen LogP contribution in [0.3, 0.4) is 0 Å².